The third-order valence-electron chi connectivity index (χ3n) is 6.17. The van der Waals surface area contributed by atoms with Gasteiger partial charge in [-0.1, -0.05) is 51.1 Å². The Kier molecular flexibility index (Phi) is 14.4. The van der Waals surface area contributed by atoms with Crippen LogP contribution < -0.4 is 10.6 Å². The van der Waals surface area contributed by atoms with Crippen LogP contribution in [0.2, 0.25) is 0 Å². The number of rotatable bonds is 15. The van der Waals surface area contributed by atoms with Crippen LogP contribution in [0.3, 0.4) is 0 Å². The molecule has 0 aliphatic rings. The second-order valence-electron chi connectivity index (χ2n) is 14.3. The van der Waals surface area contributed by atoms with Crippen molar-refractivity contribution in [2.75, 3.05) is 0 Å². The Morgan fingerprint density at radius 2 is 1.37 bits per heavy atom. The van der Waals surface area contributed by atoms with Gasteiger partial charge in [0.15, 0.2) is 0 Å². The van der Waals surface area contributed by atoms with Gasteiger partial charge in [-0.3, -0.25) is 14.4 Å². The van der Waals surface area contributed by atoms with Crippen LogP contribution in [0, 0.1) is 11.3 Å². The number of urea groups is 1. The zero-order chi connectivity index (χ0) is 33.0. The molecule has 0 radical (unpaired) electrons. The van der Waals surface area contributed by atoms with Gasteiger partial charge in [-0.15, -0.1) is 0 Å². The molecular formula is C33H52N2O8. The quantitative estimate of drug-likeness (QED) is 0.219. The topological polar surface area (TPSA) is 148 Å². The predicted octanol–water partition coefficient (Wildman–Crippen LogP) is 5.61. The number of Topliss-reactive ketones (excluding diaryl/α,β-unsaturated/α-hetero) is 1. The fourth-order valence-electron chi connectivity index (χ4n) is 4.48. The molecule has 0 saturated carbocycles. The first-order valence-corrected chi connectivity index (χ1v) is 14.9. The molecule has 0 heterocycles. The number of carbonyl (C=O) groups is 5. The number of nitrogens with one attached hydrogen (secondary N) is 2. The lowest BCUT2D eigenvalue weighted by atomic mass is 9.86. The Morgan fingerprint density at radius 3 is 1.88 bits per heavy atom. The van der Waals surface area contributed by atoms with Crippen molar-refractivity contribution in [2.45, 2.75) is 131 Å². The molecule has 10 nitrogen and oxygen atoms in total. The number of aliphatic carboxylic acids is 1. The zero-order valence-electron chi connectivity index (χ0n) is 27.4. The van der Waals surface area contributed by atoms with Crippen molar-refractivity contribution in [1.82, 2.24) is 10.6 Å². The number of ketones is 1. The smallest absolute Gasteiger partial charge is 0.329 e. The average molecular weight is 605 g/mol. The highest BCUT2D eigenvalue weighted by Gasteiger charge is 2.30. The summed E-state index contributed by atoms with van der Waals surface area (Å²) in [6, 6.07) is 6.91. The molecule has 3 atom stereocenters. The first kappa shape index (κ1) is 37.6. The molecule has 0 unspecified atom stereocenters. The lowest BCUT2D eigenvalue weighted by molar-refractivity contribution is -0.157. The van der Waals surface area contributed by atoms with Crippen molar-refractivity contribution in [3.05, 3.63) is 35.9 Å². The van der Waals surface area contributed by atoms with Gasteiger partial charge in [-0.25, -0.2) is 9.59 Å². The third kappa shape index (κ3) is 18.0. The fourth-order valence-corrected chi connectivity index (χ4v) is 4.48. The first-order valence-electron chi connectivity index (χ1n) is 14.9. The molecule has 0 aliphatic carbocycles. The summed E-state index contributed by atoms with van der Waals surface area (Å²) in [5.74, 6) is -3.38. The minimum Gasteiger partial charge on any atom is -0.481 e. The van der Waals surface area contributed by atoms with Gasteiger partial charge < -0.3 is 25.2 Å². The van der Waals surface area contributed by atoms with Gasteiger partial charge in [0.1, 0.15) is 23.0 Å². The summed E-state index contributed by atoms with van der Waals surface area (Å²) < 4.78 is 10.9. The van der Waals surface area contributed by atoms with Crippen molar-refractivity contribution in [3.8, 4) is 0 Å². The summed E-state index contributed by atoms with van der Waals surface area (Å²) in [4.78, 5) is 63.1. The van der Waals surface area contributed by atoms with Crippen molar-refractivity contribution in [2.24, 2.45) is 11.3 Å². The number of hydrogen-bond acceptors (Lipinski definition) is 7. The summed E-state index contributed by atoms with van der Waals surface area (Å²) >= 11 is 0. The number of carboxylic acid groups (broad SMARTS) is 1. The molecular weight excluding hydrogens is 552 g/mol. The highest BCUT2D eigenvalue weighted by Crippen LogP contribution is 2.24. The Hall–Kier alpha value is -3.43. The second kappa shape index (κ2) is 16.4. The maximum Gasteiger partial charge on any atom is 0.329 e. The molecule has 0 aliphatic heterocycles. The predicted molar refractivity (Wildman–Crippen MR) is 164 cm³/mol. The van der Waals surface area contributed by atoms with Crippen LogP contribution in [0.1, 0.15) is 106 Å². The molecule has 43 heavy (non-hydrogen) atoms. The summed E-state index contributed by atoms with van der Waals surface area (Å²) in [6.07, 6.45) is 0.847. The largest absolute Gasteiger partial charge is 0.481 e. The van der Waals surface area contributed by atoms with Gasteiger partial charge in [0.05, 0.1) is 5.92 Å². The van der Waals surface area contributed by atoms with Crippen molar-refractivity contribution in [1.29, 1.82) is 0 Å². The van der Waals surface area contributed by atoms with E-state index >= 15 is 0 Å². The van der Waals surface area contributed by atoms with Gasteiger partial charge in [0.25, 0.3) is 0 Å². The summed E-state index contributed by atoms with van der Waals surface area (Å²) in [5.41, 5.74) is -0.803. The van der Waals surface area contributed by atoms with Gasteiger partial charge in [0.2, 0.25) is 0 Å². The normalized spacial score (nSPS) is 14.2. The van der Waals surface area contributed by atoms with E-state index < -0.39 is 41.1 Å². The number of benzene rings is 1. The molecule has 0 aromatic heterocycles. The minimum atomic E-state index is -1.14. The van der Waals surface area contributed by atoms with Crippen LogP contribution in [0.25, 0.3) is 0 Å². The second-order valence-corrected chi connectivity index (χ2v) is 14.3. The molecule has 242 valence electrons. The SMILES string of the molecule is CC(C)(C)C[C@H](CCC(=O)OC(C)(C)C)NC(=O)N[C@@H](CCC(=O)C[C@@H](Cc1ccccc1)C(=O)O)C(=O)OC(C)(C)C. The van der Waals surface area contributed by atoms with Crippen molar-refractivity contribution < 1.29 is 38.6 Å². The Balaban J connectivity index is 2.93. The highest BCUT2D eigenvalue weighted by molar-refractivity contribution is 5.86. The van der Waals surface area contributed by atoms with Gasteiger partial charge in [-0.05, 0) is 78.2 Å². The molecule has 0 spiro atoms. The van der Waals surface area contributed by atoms with E-state index in [1.807, 2.05) is 51.1 Å². The number of ether oxygens (including phenoxy) is 2. The maximum absolute atomic E-state index is 13.1. The van der Waals surface area contributed by atoms with E-state index in [0.717, 1.165) is 5.56 Å². The molecule has 0 saturated heterocycles. The number of carbonyl (C=O) groups excluding carboxylic acids is 4. The van der Waals surface area contributed by atoms with Gasteiger partial charge in [-0.2, -0.15) is 0 Å². The summed E-state index contributed by atoms with van der Waals surface area (Å²) in [6.45, 7) is 16.5. The van der Waals surface area contributed by atoms with E-state index in [0.29, 0.717) is 12.8 Å². The van der Waals surface area contributed by atoms with E-state index in [1.54, 1.807) is 41.5 Å². The van der Waals surface area contributed by atoms with Crippen LogP contribution in [-0.2, 0) is 35.1 Å². The summed E-state index contributed by atoms with van der Waals surface area (Å²) in [7, 11) is 0. The lowest BCUT2D eigenvalue weighted by Gasteiger charge is -2.29. The minimum absolute atomic E-state index is 0.0549. The van der Waals surface area contributed by atoms with Crippen LogP contribution in [0.5, 0.6) is 0 Å². The first-order chi connectivity index (χ1) is 19.6. The highest BCUT2D eigenvalue weighted by atomic mass is 16.6. The molecule has 2 amide bonds. The maximum atomic E-state index is 13.1. The number of carboxylic acids is 1. The summed E-state index contributed by atoms with van der Waals surface area (Å²) in [5, 5.41) is 15.2. The van der Waals surface area contributed by atoms with Crippen LogP contribution in [0.4, 0.5) is 4.79 Å². The Morgan fingerprint density at radius 1 is 0.791 bits per heavy atom. The molecule has 1 rings (SSSR count). The van der Waals surface area contributed by atoms with Crippen molar-refractivity contribution >= 4 is 29.7 Å². The van der Waals surface area contributed by atoms with Crippen LogP contribution >= 0.6 is 0 Å². The lowest BCUT2D eigenvalue weighted by Crippen LogP contribution is -2.51. The average Bonchev–Trinajstić information content (AvgIpc) is 2.82. The molecule has 1 aromatic rings. The molecule has 10 heteroatoms. The van der Waals surface area contributed by atoms with Crippen molar-refractivity contribution in [3.63, 3.8) is 0 Å². The molecule has 0 bridgehead atoms. The Labute approximate surface area is 256 Å². The monoisotopic (exact) mass is 604 g/mol. The number of amides is 2. The Bertz CT molecular complexity index is 1080. The van der Waals surface area contributed by atoms with E-state index in [1.165, 1.54) is 0 Å². The van der Waals surface area contributed by atoms with Gasteiger partial charge in [0, 0.05) is 25.3 Å². The zero-order valence-corrected chi connectivity index (χ0v) is 27.4. The van der Waals surface area contributed by atoms with Crippen LogP contribution in [0.15, 0.2) is 30.3 Å². The molecule has 1 aromatic carbocycles. The number of esters is 2. The van der Waals surface area contributed by atoms with E-state index in [9.17, 15) is 29.1 Å². The van der Waals surface area contributed by atoms with Gasteiger partial charge >= 0.3 is 23.9 Å². The third-order valence-corrected chi connectivity index (χ3v) is 6.17. The molecule has 3 N–H and O–H groups in total. The van der Waals surface area contributed by atoms with E-state index in [4.69, 9.17) is 9.47 Å². The van der Waals surface area contributed by atoms with Crippen LogP contribution in [-0.4, -0.2) is 58.1 Å². The fraction of sp³-hybridized carbons (Fsp3) is 0.667. The number of hydrogen-bond donors (Lipinski definition) is 3. The van der Waals surface area contributed by atoms with E-state index in [-0.39, 0.29) is 55.3 Å². The molecule has 0 fully saturated rings. The standard InChI is InChI=1S/C33H52N2O8/c1-31(2,3)21-24(15-18-27(37)42-32(4,5)6)34-30(41)35-26(29(40)43-33(7,8)9)17-16-25(36)20-23(28(38)39)19-22-13-11-10-12-14-22/h10-14,23-24,26H,15-21H2,1-9H3,(H,38,39)(H2,34,35,41)/t23-,24+,26+/m1/s1. The van der Waals surface area contributed by atoms with E-state index in [2.05, 4.69) is 10.6 Å².